The standard InChI is InChI=1S/C31H27NP2/c1-5-16-28(17-6-1)33(29-18-7-2-8-19-29)26-34(30-20-9-3-10-21-30,31-22-11-4-12-23-31)25-27-15-13-14-24-32-27/h1-25H,26H2. The second-order valence-corrected chi connectivity index (χ2v) is 14.2. The fourth-order valence-corrected chi connectivity index (χ4v) is 13.0. The summed E-state index contributed by atoms with van der Waals surface area (Å²) >= 11 is 0. The van der Waals surface area contributed by atoms with Crippen LogP contribution in [0.5, 0.6) is 0 Å². The smallest absolute Gasteiger partial charge is 0.0637 e. The molecule has 34 heavy (non-hydrogen) atoms. The van der Waals surface area contributed by atoms with E-state index in [1.165, 1.54) is 21.2 Å². The summed E-state index contributed by atoms with van der Waals surface area (Å²) in [6.07, 6.45) is 1.90. The van der Waals surface area contributed by atoms with Crippen molar-refractivity contribution in [3.8, 4) is 0 Å². The number of hydrogen-bond donors (Lipinski definition) is 0. The highest BCUT2D eigenvalue weighted by atomic mass is 31.2. The molecular formula is C31H27NP2. The first-order valence-corrected chi connectivity index (χ1v) is 15.1. The zero-order chi connectivity index (χ0) is 23.1. The first kappa shape index (κ1) is 22.5. The van der Waals surface area contributed by atoms with Gasteiger partial charge in [0, 0.05) is 12.1 Å². The average Bonchev–Trinajstić information content (AvgIpc) is 2.93. The molecule has 0 spiro atoms. The molecule has 1 nitrogen and oxygen atoms in total. The lowest BCUT2D eigenvalue weighted by Gasteiger charge is -2.33. The van der Waals surface area contributed by atoms with E-state index in [0.29, 0.717) is 0 Å². The van der Waals surface area contributed by atoms with Gasteiger partial charge in [-0.3, -0.25) is 4.98 Å². The maximum absolute atomic E-state index is 4.75. The molecule has 0 saturated carbocycles. The number of rotatable bonds is 7. The Morgan fingerprint density at radius 1 is 0.529 bits per heavy atom. The predicted molar refractivity (Wildman–Crippen MR) is 152 cm³/mol. The Hall–Kier alpha value is -3.24. The molecule has 1 heterocycles. The van der Waals surface area contributed by atoms with E-state index in [9.17, 15) is 0 Å². The Balaban J connectivity index is 1.79. The summed E-state index contributed by atoms with van der Waals surface area (Å²) in [7, 11) is -0.592. The highest BCUT2D eigenvalue weighted by Gasteiger charge is 2.28. The molecule has 1 aromatic heterocycles. The number of hydrogen-bond acceptors (Lipinski definition) is 1. The summed E-state index contributed by atoms with van der Waals surface area (Å²) in [6, 6.07) is 50.4. The molecule has 0 fully saturated rings. The van der Waals surface area contributed by atoms with Crippen LogP contribution in [0.4, 0.5) is 0 Å². The number of aromatic nitrogens is 1. The summed E-state index contributed by atoms with van der Waals surface area (Å²) in [5.41, 5.74) is 1.04. The molecule has 0 atom stereocenters. The second-order valence-electron chi connectivity index (χ2n) is 8.16. The van der Waals surface area contributed by atoms with Crippen molar-refractivity contribution in [3.63, 3.8) is 0 Å². The van der Waals surface area contributed by atoms with Crippen molar-refractivity contribution in [2.45, 2.75) is 0 Å². The van der Waals surface area contributed by atoms with Gasteiger partial charge < -0.3 is 0 Å². The van der Waals surface area contributed by atoms with Crippen LogP contribution in [0, 0.1) is 0 Å². The lowest BCUT2D eigenvalue weighted by atomic mass is 10.4. The van der Waals surface area contributed by atoms with Crippen LogP contribution in [0.3, 0.4) is 0 Å². The SMILES string of the molecule is C(c1ccccn1)=P(CP(c1ccccc1)c1ccccc1)(c1ccccc1)c1ccccc1. The molecular weight excluding hydrogens is 448 g/mol. The molecule has 5 rings (SSSR count). The molecule has 166 valence electrons. The van der Waals surface area contributed by atoms with Crippen molar-refractivity contribution in [1.82, 2.24) is 4.98 Å². The minimum absolute atomic E-state index is 0.592. The van der Waals surface area contributed by atoms with E-state index in [-0.39, 0.29) is 0 Å². The van der Waals surface area contributed by atoms with Gasteiger partial charge in [0.1, 0.15) is 0 Å². The van der Waals surface area contributed by atoms with Gasteiger partial charge in [0.2, 0.25) is 0 Å². The molecule has 0 aliphatic heterocycles. The quantitative estimate of drug-likeness (QED) is 0.264. The largest absolute Gasteiger partial charge is 0.257 e. The highest BCUT2D eigenvalue weighted by molar-refractivity contribution is 7.97. The second kappa shape index (κ2) is 10.8. The summed E-state index contributed by atoms with van der Waals surface area (Å²) < 4.78 is 0. The van der Waals surface area contributed by atoms with Crippen LogP contribution in [-0.4, -0.2) is 16.7 Å². The van der Waals surface area contributed by atoms with Gasteiger partial charge in [-0.1, -0.05) is 127 Å². The molecule has 5 aromatic rings. The molecule has 0 aliphatic carbocycles. The maximum Gasteiger partial charge on any atom is 0.0637 e. The summed E-state index contributed by atoms with van der Waals surface area (Å²) in [5, 5.41) is 5.61. The van der Waals surface area contributed by atoms with Crippen LogP contribution in [0.25, 0.3) is 0 Å². The Morgan fingerprint density at radius 3 is 1.41 bits per heavy atom. The summed E-state index contributed by atoms with van der Waals surface area (Å²) in [5.74, 6) is 3.54. The van der Waals surface area contributed by atoms with Crippen molar-refractivity contribution in [2.24, 2.45) is 0 Å². The van der Waals surface area contributed by atoms with Gasteiger partial charge >= 0.3 is 0 Å². The molecule has 0 saturated heterocycles. The predicted octanol–water partition coefficient (Wildman–Crippen LogP) is 5.99. The molecule has 0 radical (unpaired) electrons. The average molecular weight is 476 g/mol. The number of pyridine rings is 1. The Kier molecular flexibility index (Phi) is 7.16. The zero-order valence-corrected chi connectivity index (χ0v) is 20.8. The van der Waals surface area contributed by atoms with Crippen LogP contribution in [0.1, 0.15) is 5.69 Å². The van der Waals surface area contributed by atoms with Crippen molar-refractivity contribution < 1.29 is 0 Å². The first-order valence-electron chi connectivity index (χ1n) is 11.5. The van der Waals surface area contributed by atoms with Gasteiger partial charge in [-0.15, -0.1) is 0 Å². The number of nitrogens with zero attached hydrogens (tertiary/aromatic N) is 1. The van der Waals surface area contributed by atoms with E-state index in [4.69, 9.17) is 4.98 Å². The van der Waals surface area contributed by atoms with E-state index in [0.717, 1.165) is 11.6 Å². The Labute approximate surface area is 203 Å². The third kappa shape index (κ3) is 4.97. The lowest BCUT2D eigenvalue weighted by molar-refractivity contribution is 1.31. The van der Waals surface area contributed by atoms with E-state index in [2.05, 4.69) is 139 Å². The molecule has 0 unspecified atom stereocenters. The minimum atomic E-state index is -1.97. The number of benzene rings is 4. The van der Waals surface area contributed by atoms with E-state index in [1.54, 1.807) is 0 Å². The van der Waals surface area contributed by atoms with Crippen molar-refractivity contribution in [2.75, 3.05) is 5.90 Å². The van der Waals surface area contributed by atoms with Gasteiger partial charge in [-0.25, -0.2) is 0 Å². The van der Waals surface area contributed by atoms with Crippen molar-refractivity contribution in [3.05, 3.63) is 151 Å². The summed E-state index contributed by atoms with van der Waals surface area (Å²) in [6.45, 7) is -1.97. The molecule has 0 N–H and O–H groups in total. The van der Waals surface area contributed by atoms with Crippen LogP contribution in [0.15, 0.2) is 146 Å². The van der Waals surface area contributed by atoms with Crippen LogP contribution in [0.2, 0.25) is 0 Å². The monoisotopic (exact) mass is 475 g/mol. The fraction of sp³-hybridized carbons (Fsp3) is 0.0323. The maximum atomic E-state index is 4.75. The van der Waals surface area contributed by atoms with Gasteiger partial charge in [0.25, 0.3) is 0 Å². The minimum Gasteiger partial charge on any atom is -0.257 e. The Morgan fingerprint density at radius 2 is 0.971 bits per heavy atom. The van der Waals surface area contributed by atoms with Gasteiger partial charge in [0.05, 0.1) is 5.69 Å². The topological polar surface area (TPSA) is 12.9 Å². The fourth-order valence-electron chi connectivity index (χ4n) is 4.32. The van der Waals surface area contributed by atoms with Crippen LogP contribution >= 0.6 is 14.8 Å². The molecule has 0 aliphatic rings. The van der Waals surface area contributed by atoms with Crippen molar-refractivity contribution in [1.29, 1.82) is 0 Å². The molecule has 0 bridgehead atoms. The van der Waals surface area contributed by atoms with Crippen molar-refractivity contribution >= 4 is 41.8 Å². The van der Waals surface area contributed by atoms with E-state index < -0.39 is 14.8 Å². The normalized spacial score (nSPS) is 11.3. The van der Waals surface area contributed by atoms with E-state index >= 15 is 0 Å². The van der Waals surface area contributed by atoms with Gasteiger partial charge in [-0.2, -0.15) is 0 Å². The third-order valence-corrected chi connectivity index (χ3v) is 13.9. The van der Waals surface area contributed by atoms with Gasteiger partial charge in [-0.05, 0) is 54.0 Å². The van der Waals surface area contributed by atoms with E-state index in [1.807, 2.05) is 12.3 Å². The Bertz CT molecular complexity index is 1270. The summed E-state index contributed by atoms with van der Waals surface area (Å²) in [4.78, 5) is 4.75. The van der Waals surface area contributed by atoms with Crippen LogP contribution < -0.4 is 21.2 Å². The third-order valence-electron chi connectivity index (χ3n) is 5.97. The zero-order valence-electron chi connectivity index (χ0n) is 19.0. The van der Waals surface area contributed by atoms with Gasteiger partial charge in [0.15, 0.2) is 0 Å². The lowest BCUT2D eigenvalue weighted by Crippen LogP contribution is -2.24. The first-order chi connectivity index (χ1) is 16.9. The molecule has 3 heteroatoms. The molecule has 4 aromatic carbocycles. The molecule has 0 amide bonds. The van der Waals surface area contributed by atoms with Crippen LogP contribution in [-0.2, 0) is 0 Å². The highest BCUT2D eigenvalue weighted by Crippen LogP contribution is 2.55.